The van der Waals surface area contributed by atoms with Crippen molar-refractivity contribution in [2.75, 3.05) is 13.2 Å². The molecule has 4 N–H and O–H groups in total. The van der Waals surface area contributed by atoms with E-state index in [1.807, 2.05) is 13.8 Å². The molecule has 1 spiro atoms. The van der Waals surface area contributed by atoms with E-state index >= 15 is 0 Å². The Labute approximate surface area is 207 Å². The fourth-order valence-electron chi connectivity index (χ4n) is 8.70. The van der Waals surface area contributed by atoms with Gasteiger partial charge in [0.15, 0.2) is 5.60 Å². The highest BCUT2D eigenvalue weighted by molar-refractivity contribution is 7.47. The number of esters is 1. The van der Waals surface area contributed by atoms with Gasteiger partial charge in [0.25, 0.3) is 0 Å². The van der Waals surface area contributed by atoms with E-state index in [0.29, 0.717) is 36.7 Å². The lowest BCUT2D eigenvalue weighted by molar-refractivity contribution is -0.176. The number of ether oxygens (including phenoxy) is 1. The van der Waals surface area contributed by atoms with E-state index in [-0.39, 0.29) is 42.0 Å². The Hall–Kier alpha value is -1.02. The summed E-state index contributed by atoms with van der Waals surface area (Å²) >= 11 is 0. The summed E-state index contributed by atoms with van der Waals surface area (Å²) in [7, 11) is -4.12. The Kier molecular flexibility index (Phi) is 6.23. The van der Waals surface area contributed by atoms with Crippen molar-refractivity contribution in [1.29, 1.82) is 0 Å². The molecule has 0 saturated heterocycles. The van der Waals surface area contributed by atoms with Crippen LogP contribution in [-0.4, -0.2) is 46.9 Å². The molecule has 9 heteroatoms. The number of allylic oxidation sites excluding steroid dienone is 1. The van der Waals surface area contributed by atoms with Gasteiger partial charge in [-0.05, 0) is 87.5 Å². The highest BCUT2D eigenvalue weighted by Gasteiger charge is 2.71. The minimum atomic E-state index is -4.12. The maximum absolute atomic E-state index is 12.6. The van der Waals surface area contributed by atoms with E-state index in [2.05, 4.69) is 19.9 Å². The van der Waals surface area contributed by atoms with E-state index in [1.165, 1.54) is 5.57 Å². The van der Waals surface area contributed by atoms with Crippen molar-refractivity contribution in [3.63, 3.8) is 0 Å². The molecule has 5 rings (SSSR count). The minimum Gasteiger partial charge on any atom is -0.448 e. The molecule has 196 valence electrons. The van der Waals surface area contributed by atoms with Gasteiger partial charge in [0, 0.05) is 17.5 Å². The average molecular weight is 510 g/mol. The summed E-state index contributed by atoms with van der Waals surface area (Å²) in [5.41, 5.74) is 7.03. The molecule has 3 fully saturated rings. The maximum Gasteiger partial charge on any atom is 0.472 e. The molecule has 0 bridgehead atoms. The Morgan fingerprint density at radius 1 is 1.23 bits per heavy atom. The zero-order chi connectivity index (χ0) is 25.4. The molecule has 0 amide bonds. The Morgan fingerprint density at radius 2 is 1.97 bits per heavy atom. The number of fused-ring (bicyclic) bond motifs is 6. The first-order valence-corrected chi connectivity index (χ1v) is 14.5. The standard InChI is InChI=1S/C26H40NO7P/c1-15-16(2)26(33-23(15)29)22(28)14-21-19-6-5-17-13-18(34-35(30,31)32-12-11-27)7-9-24(17,3)20(19)8-10-25(21,26)4/h5,18-22,28H,6-14,27H2,1-4H3,(H,30,31)/t18?,19?,20-,21-,22?,24-,25-,26+/m0/s1. The number of carbonyl (C=O) groups excluding carboxylic acids is 1. The van der Waals surface area contributed by atoms with Crippen LogP contribution in [0.1, 0.15) is 72.6 Å². The number of rotatable bonds is 5. The number of carbonyl (C=O) groups is 1. The van der Waals surface area contributed by atoms with Crippen LogP contribution in [0.4, 0.5) is 0 Å². The van der Waals surface area contributed by atoms with Crippen LogP contribution < -0.4 is 5.73 Å². The van der Waals surface area contributed by atoms with Crippen molar-refractivity contribution >= 4 is 13.8 Å². The lowest BCUT2D eigenvalue weighted by Crippen LogP contribution is -2.57. The Bertz CT molecular complexity index is 1030. The summed E-state index contributed by atoms with van der Waals surface area (Å²) in [4.78, 5) is 22.6. The van der Waals surface area contributed by atoms with E-state index < -0.39 is 19.5 Å². The lowest BCUT2D eigenvalue weighted by Gasteiger charge is -2.59. The predicted molar refractivity (Wildman–Crippen MR) is 130 cm³/mol. The van der Waals surface area contributed by atoms with Gasteiger partial charge in [0.1, 0.15) is 0 Å². The molecule has 0 aromatic heterocycles. The van der Waals surface area contributed by atoms with Crippen LogP contribution >= 0.6 is 7.82 Å². The summed E-state index contributed by atoms with van der Waals surface area (Å²) in [6.07, 6.45) is 6.94. The summed E-state index contributed by atoms with van der Waals surface area (Å²) in [5.74, 6) is 0.827. The molecule has 0 aromatic rings. The number of aliphatic hydroxyl groups excluding tert-OH is 1. The monoisotopic (exact) mass is 509 g/mol. The van der Waals surface area contributed by atoms with Gasteiger partial charge in [-0.2, -0.15) is 0 Å². The topological polar surface area (TPSA) is 128 Å². The van der Waals surface area contributed by atoms with Crippen LogP contribution in [0, 0.1) is 28.6 Å². The first-order chi connectivity index (χ1) is 16.4. The fourth-order valence-corrected chi connectivity index (χ4v) is 9.66. The molecule has 4 unspecified atom stereocenters. The molecule has 4 aliphatic carbocycles. The number of hydrogen-bond acceptors (Lipinski definition) is 7. The maximum atomic E-state index is 12.6. The van der Waals surface area contributed by atoms with Crippen molar-refractivity contribution in [2.24, 2.45) is 34.3 Å². The molecule has 9 atom stereocenters. The number of phosphoric acid groups is 1. The fraction of sp³-hybridized carbons (Fsp3) is 0.808. The van der Waals surface area contributed by atoms with Gasteiger partial charge in [0.2, 0.25) is 0 Å². The SMILES string of the molecule is CC1=C(C)[C@@]2(OC1=O)C(O)C[C@H]1C3CC=C4CC(OP(=O)(O)OCCN)CC[C@]4(C)[C@H]3CC[C@@]12C. The summed E-state index contributed by atoms with van der Waals surface area (Å²) in [6.45, 7) is 8.49. The number of hydrogen-bond donors (Lipinski definition) is 3. The molecular formula is C26H40NO7P. The van der Waals surface area contributed by atoms with Gasteiger partial charge in [-0.25, -0.2) is 9.36 Å². The van der Waals surface area contributed by atoms with Crippen molar-refractivity contribution < 1.29 is 33.1 Å². The Balaban J connectivity index is 1.39. The molecule has 8 nitrogen and oxygen atoms in total. The molecule has 1 heterocycles. The molecule has 0 radical (unpaired) electrons. The number of phosphoric ester groups is 1. The quantitative estimate of drug-likeness (QED) is 0.288. The second-order valence-corrected chi connectivity index (χ2v) is 13.3. The van der Waals surface area contributed by atoms with Crippen molar-refractivity contribution in [3.8, 4) is 0 Å². The Morgan fingerprint density at radius 3 is 2.63 bits per heavy atom. The predicted octanol–water partition coefficient (Wildman–Crippen LogP) is 4.01. The van der Waals surface area contributed by atoms with Crippen LogP contribution in [0.3, 0.4) is 0 Å². The third-order valence-electron chi connectivity index (χ3n) is 10.6. The molecular weight excluding hydrogens is 469 g/mol. The zero-order valence-electron chi connectivity index (χ0n) is 21.3. The molecule has 35 heavy (non-hydrogen) atoms. The van der Waals surface area contributed by atoms with Gasteiger partial charge < -0.3 is 20.5 Å². The average Bonchev–Trinajstić information content (AvgIpc) is 3.18. The molecule has 5 aliphatic rings. The van der Waals surface area contributed by atoms with Crippen molar-refractivity contribution in [2.45, 2.75) is 90.4 Å². The van der Waals surface area contributed by atoms with Gasteiger partial charge in [-0.3, -0.25) is 9.05 Å². The first kappa shape index (κ1) is 25.6. The third-order valence-corrected chi connectivity index (χ3v) is 11.7. The van der Waals surface area contributed by atoms with E-state index in [4.69, 9.17) is 19.5 Å². The molecule has 1 aliphatic heterocycles. The van der Waals surface area contributed by atoms with Gasteiger partial charge in [0.05, 0.1) is 18.8 Å². The second kappa shape index (κ2) is 8.50. The lowest BCUT2D eigenvalue weighted by atomic mass is 9.46. The minimum absolute atomic E-state index is 0.00444. The van der Waals surface area contributed by atoms with Crippen LogP contribution in [0.5, 0.6) is 0 Å². The highest BCUT2D eigenvalue weighted by atomic mass is 31.2. The third kappa shape index (κ3) is 3.58. The number of aliphatic hydroxyl groups is 1. The van der Waals surface area contributed by atoms with Crippen LogP contribution in [-0.2, 0) is 23.1 Å². The smallest absolute Gasteiger partial charge is 0.448 e. The van der Waals surface area contributed by atoms with Crippen molar-refractivity contribution in [3.05, 3.63) is 22.8 Å². The van der Waals surface area contributed by atoms with Crippen molar-refractivity contribution in [1.82, 2.24) is 0 Å². The van der Waals surface area contributed by atoms with E-state index in [9.17, 15) is 19.4 Å². The summed E-state index contributed by atoms with van der Waals surface area (Å²) in [5, 5.41) is 11.4. The zero-order valence-corrected chi connectivity index (χ0v) is 22.2. The van der Waals surface area contributed by atoms with Gasteiger partial charge in [-0.1, -0.05) is 25.5 Å². The van der Waals surface area contributed by atoms with Crippen LogP contribution in [0.15, 0.2) is 22.8 Å². The first-order valence-electron chi connectivity index (χ1n) is 13.0. The molecule has 0 aromatic carbocycles. The van der Waals surface area contributed by atoms with E-state index in [1.54, 1.807) is 0 Å². The largest absolute Gasteiger partial charge is 0.472 e. The second-order valence-electron chi connectivity index (χ2n) is 11.9. The normalized spacial score (nSPS) is 46.5. The summed E-state index contributed by atoms with van der Waals surface area (Å²) in [6, 6.07) is 0. The van der Waals surface area contributed by atoms with Crippen LogP contribution in [0.2, 0.25) is 0 Å². The number of nitrogens with two attached hydrogens (primary N) is 1. The van der Waals surface area contributed by atoms with E-state index in [0.717, 1.165) is 31.3 Å². The van der Waals surface area contributed by atoms with Gasteiger partial charge in [-0.15, -0.1) is 0 Å². The van der Waals surface area contributed by atoms with Gasteiger partial charge >= 0.3 is 13.8 Å². The molecule has 3 saturated carbocycles. The summed E-state index contributed by atoms with van der Waals surface area (Å²) < 4.78 is 28.8. The van der Waals surface area contributed by atoms with Crippen LogP contribution in [0.25, 0.3) is 0 Å². The highest BCUT2D eigenvalue weighted by Crippen LogP contribution is 2.70.